The fourth-order valence-electron chi connectivity index (χ4n) is 2.64. The summed E-state index contributed by atoms with van der Waals surface area (Å²) in [4.78, 5) is 15.7. The quantitative estimate of drug-likeness (QED) is 0.593. The zero-order chi connectivity index (χ0) is 17.6. The van der Waals surface area contributed by atoms with Gasteiger partial charge in [-0.3, -0.25) is 14.9 Å². The fourth-order valence-corrected chi connectivity index (χ4v) is 2.64. The Morgan fingerprint density at radius 3 is 1.79 bits per heavy atom. The lowest BCUT2D eigenvalue weighted by molar-refractivity contribution is 0.231. The van der Waals surface area contributed by atoms with Crippen LogP contribution in [0.4, 0.5) is 0 Å². The Kier molecular flexibility index (Phi) is 11.8. The van der Waals surface area contributed by atoms with Gasteiger partial charge in [-0.05, 0) is 38.1 Å². The number of rotatable bonds is 7. The van der Waals surface area contributed by atoms with Crippen LogP contribution in [-0.4, -0.2) is 25.0 Å². The molecule has 10 heteroatoms. The second-order valence-corrected chi connectivity index (χ2v) is 5.99. The number of pyridine rings is 2. The SMILES string of the molecule is Cc1cccc(CN(Cc2cccc(C)n2)Cc2noc(CN)n2)n1.Cl.Cl.Cl. The maximum atomic E-state index is 5.54. The van der Waals surface area contributed by atoms with E-state index >= 15 is 0 Å². The molecule has 154 valence electrons. The molecule has 7 nitrogen and oxygen atoms in total. The first-order valence-electron chi connectivity index (χ1n) is 8.21. The molecule has 0 aromatic carbocycles. The monoisotopic (exact) mass is 446 g/mol. The summed E-state index contributed by atoms with van der Waals surface area (Å²) >= 11 is 0. The van der Waals surface area contributed by atoms with E-state index in [1.165, 1.54) is 0 Å². The lowest BCUT2D eigenvalue weighted by atomic mass is 10.2. The van der Waals surface area contributed by atoms with Gasteiger partial charge in [-0.1, -0.05) is 17.3 Å². The van der Waals surface area contributed by atoms with Gasteiger partial charge < -0.3 is 10.3 Å². The molecule has 28 heavy (non-hydrogen) atoms. The van der Waals surface area contributed by atoms with Crippen LogP contribution in [0.25, 0.3) is 0 Å². The largest absolute Gasteiger partial charge is 0.338 e. The zero-order valence-electron chi connectivity index (χ0n) is 15.7. The number of hydrogen-bond donors (Lipinski definition) is 1. The highest BCUT2D eigenvalue weighted by Crippen LogP contribution is 2.12. The number of nitrogens with two attached hydrogens (primary N) is 1. The maximum absolute atomic E-state index is 5.54. The van der Waals surface area contributed by atoms with Gasteiger partial charge in [0.1, 0.15) is 0 Å². The predicted octanol–water partition coefficient (Wildman–Crippen LogP) is 3.40. The molecule has 3 heterocycles. The summed E-state index contributed by atoms with van der Waals surface area (Å²) in [6, 6.07) is 12.0. The predicted molar refractivity (Wildman–Crippen MR) is 115 cm³/mol. The summed E-state index contributed by atoms with van der Waals surface area (Å²) in [5.41, 5.74) is 9.53. The van der Waals surface area contributed by atoms with Crippen LogP contribution in [0.2, 0.25) is 0 Å². The molecule has 0 fully saturated rings. The number of halogens is 3. The molecule has 0 aliphatic heterocycles. The van der Waals surface area contributed by atoms with Crippen LogP contribution in [0.5, 0.6) is 0 Å². The van der Waals surface area contributed by atoms with Crippen molar-refractivity contribution in [3.8, 4) is 0 Å². The van der Waals surface area contributed by atoms with Gasteiger partial charge in [-0.15, -0.1) is 37.2 Å². The number of nitrogens with zero attached hydrogens (tertiary/aromatic N) is 5. The topological polar surface area (TPSA) is 94.0 Å². The average Bonchev–Trinajstić information content (AvgIpc) is 3.02. The summed E-state index contributed by atoms with van der Waals surface area (Å²) in [5, 5.41) is 4.00. The van der Waals surface area contributed by atoms with Gasteiger partial charge in [0.15, 0.2) is 5.82 Å². The van der Waals surface area contributed by atoms with Gasteiger partial charge in [0.05, 0.1) is 24.5 Å². The van der Waals surface area contributed by atoms with Crippen molar-refractivity contribution in [2.45, 2.75) is 40.0 Å². The molecular weight excluding hydrogens is 423 g/mol. The molecular formula is C18H25Cl3N6O. The van der Waals surface area contributed by atoms with E-state index in [0.29, 0.717) is 31.3 Å². The number of hydrogen-bond acceptors (Lipinski definition) is 7. The van der Waals surface area contributed by atoms with Crippen molar-refractivity contribution < 1.29 is 4.52 Å². The fraction of sp³-hybridized carbons (Fsp3) is 0.333. The van der Waals surface area contributed by atoms with E-state index in [9.17, 15) is 0 Å². The van der Waals surface area contributed by atoms with Crippen molar-refractivity contribution in [1.82, 2.24) is 25.0 Å². The first kappa shape index (κ1) is 26.2. The van der Waals surface area contributed by atoms with E-state index in [2.05, 4.69) is 25.0 Å². The minimum atomic E-state index is 0. The number of aromatic nitrogens is 4. The first-order valence-corrected chi connectivity index (χ1v) is 8.21. The molecule has 0 unspecified atom stereocenters. The van der Waals surface area contributed by atoms with Gasteiger partial charge in [0, 0.05) is 24.5 Å². The molecule has 0 aliphatic rings. The van der Waals surface area contributed by atoms with Crippen LogP contribution in [0, 0.1) is 13.8 Å². The molecule has 3 aromatic heterocycles. The third-order valence-electron chi connectivity index (χ3n) is 3.71. The minimum absolute atomic E-state index is 0. The number of aryl methyl sites for hydroxylation is 2. The van der Waals surface area contributed by atoms with Crippen LogP contribution in [0.1, 0.15) is 34.5 Å². The van der Waals surface area contributed by atoms with Crippen molar-refractivity contribution in [2.24, 2.45) is 5.73 Å². The normalized spacial score (nSPS) is 10.0. The second kappa shape index (κ2) is 12.6. The highest BCUT2D eigenvalue weighted by molar-refractivity contribution is 5.86. The van der Waals surface area contributed by atoms with Gasteiger partial charge in [-0.25, -0.2) is 0 Å². The van der Waals surface area contributed by atoms with Crippen molar-refractivity contribution in [3.05, 3.63) is 70.9 Å². The summed E-state index contributed by atoms with van der Waals surface area (Å²) < 4.78 is 5.11. The molecule has 0 aliphatic carbocycles. The Balaban J connectivity index is 0.00000243. The van der Waals surface area contributed by atoms with Gasteiger partial charge in [-0.2, -0.15) is 4.98 Å². The Morgan fingerprint density at radius 2 is 1.36 bits per heavy atom. The van der Waals surface area contributed by atoms with Crippen LogP contribution < -0.4 is 5.73 Å². The lowest BCUT2D eigenvalue weighted by Crippen LogP contribution is -2.24. The molecule has 0 radical (unpaired) electrons. The lowest BCUT2D eigenvalue weighted by Gasteiger charge is -2.20. The maximum Gasteiger partial charge on any atom is 0.240 e. The van der Waals surface area contributed by atoms with E-state index < -0.39 is 0 Å². The highest BCUT2D eigenvalue weighted by Gasteiger charge is 2.14. The van der Waals surface area contributed by atoms with E-state index in [-0.39, 0.29) is 43.8 Å². The average molecular weight is 448 g/mol. The molecule has 0 spiro atoms. The van der Waals surface area contributed by atoms with Gasteiger partial charge in [0.25, 0.3) is 0 Å². The van der Waals surface area contributed by atoms with Crippen molar-refractivity contribution in [3.63, 3.8) is 0 Å². The summed E-state index contributed by atoms with van der Waals surface area (Å²) in [6.45, 7) is 6.10. The summed E-state index contributed by atoms with van der Waals surface area (Å²) in [5.74, 6) is 1.05. The molecule has 0 saturated carbocycles. The standard InChI is InChI=1S/C18H22N6O.3ClH/c1-13-5-3-7-15(20-13)10-24(11-16-8-4-6-14(2)21-16)12-17-22-18(9-19)25-23-17;;;/h3-8H,9-12,19H2,1-2H3;3*1H. The van der Waals surface area contributed by atoms with Crippen molar-refractivity contribution >= 4 is 37.2 Å². The molecule has 0 saturated heterocycles. The van der Waals surface area contributed by atoms with Gasteiger partial charge >= 0.3 is 0 Å². The molecule has 0 bridgehead atoms. The molecule has 0 amide bonds. The van der Waals surface area contributed by atoms with Crippen LogP contribution in [0.3, 0.4) is 0 Å². The van der Waals surface area contributed by atoms with Crippen LogP contribution >= 0.6 is 37.2 Å². The van der Waals surface area contributed by atoms with Crippen molar-refractivity contribution in [1.29, 1.82) is 0 Å². The second-order valence-electron chi connectivity index (χ2n) is 5.99. The van der Waals surface area contributed by atoms with Crippen molar-refractivity contribution in [2.75, 3.05) is 0 Å². The first-order chi connectivity index (χ1) is 12.1. The minimum Gasteiger partial charge on any atom is -0.338 e. The summed E-state index contributed by atoms with van der Waals surface area (Å²) in [7, 11) is 0. The van der Waals surface area contributed by atoms with Crippen LogP contribution in [0.15, 0.2) is 40.9 Å². The zero-order valence-corrected chi connectivity index (χ0v) is 18.2. The molecule has 0 atom stereocenters. The highest BCUT2D eigenvalue weighted by atomic mass is 35.5. The molecule has 3 rings (SSSR count). The van der Waals surface area contributed by atoms with E-state index in [1.54, 1.807) is 0 Å². The molecule has 2 N–H and O–H groups in total. The smallest absolute Gasteiger partial charge is 0.240 e. The van der Waals surface area contributed by atoms with Gasteiger partial charge in [0.2, 0.25) is 5.89 Å². The van der Waals surface area contributed by atoms with Crippen LogP contribution in [-0.2, 0) is 26.2 Å². The van der Waals surface area contributed by atoms with E-state index in [4.69, 9.17) is 10.3 Å². The van der Waals surface area contributed by atoms with E-state index in [1.807, 2.05) is 50.2 Å². The Bertz CT molecular complexity index is 798. The molecule has 3 aromatic rings. The summed E-state index contributed by atoms with van der Waals surface area (Å²) in [6.07, 6.45) is 0. The Labute approximate surface area is 183 Å². The Morgan fingerprint density at radius 1 is 0.821 bits per heavy atom. The third-order valence-corrected chi connectivity index (χ3v) is 3.71. The van der Waals surface area contributed by atoms with E-state index in [0.717, 1.165) is 22.8 Å². The third kappa shape index (κ3) is 7.69. The Hall–Kier alpha value is -1.77.